The quantitative estimate of drug-likeness (QED) is 0.706. The topological polar surface area (TPSA) is 30.2 Å². The summed E-state index contributed by atoms with van der Waals surface area (Å²) in [5.41, 5.74) is 1.78. The van der Waals surface area contributed by atoms with Gasteiger partial charge in [0, 0.05) is 21.3 Å². The molecule has 3 rings (SSSR count). The lowest BCUT2D eigenvalue weighted by atomic mass is 9.85. The largest absolute Gasteiger partial charge is 0.453 e. The Morgan fingerprint density at radius 1 is 1.26 bits per heavy atom. The Kier molecular flexibility index (Phi) is 3.48. The third-order valence-electron chi connectivity index (χ3n) is 4.10. The summed E-state index contributed by atoms with van der Waals surface area (Å²) >= 11 is 3.43. The average molecular weight is 321 g/mol. The van der Waals surface area contributed by atoms with Crippen LogP contribution in [0.5, 0.6) is 0 Å². The molecule has 100 valence electrons. The number of fused-ring (bicyclic) bond motifs is 1. The Morgan fingerprint density at radius 3 is 2.74 bits per heavy atom. The minimum atomic E-state index is 0.163. The molecular weight excluding hydrogens is 304 g/mol. The van der Waals surface area contributed by atoms with Gasteiger partial charge in [-0.05, 0) is 38.0 Å². The van der Waals surface area contributed by atoms with Gasteiger partial charge >= 0.3 is 0 Å². The van der Waals surface area contributed by atoms with Crippen molar-refractivity contribution >= 4 is 32.7 Å². The van der Waals surface area contributed by atoms with E-state index in [2.05, 4.69) is 15.9 Å². The molecular formula is C16H17BrO2. The van der Waals surface area contributed by atoms with Crippen molar-refractivity contribution in [1.82, 2.24) is 0 Å². The SMILES string of the molecule is Cc1c(C(=O)C2CCCCC2)oc2cc(Br)ccc12. The number of Topliss-reactive ketones (excluding diaryl/α,β-unsaturated/α-hetero) is 1. The van der Waals surface area contributed by atoms with Crippen LogP contribution >= 0.6 is 15.9 Å². The van der Waals surface area contributed by atoms with Gasteiger partial charge in [0.25, 0.3) is 0 Å². The van der Waals surface area contributed by atoms with Gasteiger partial charge in [0.15, 0.2) is 5.76 Å². The molecule has 0 aliphatic heterocycles. The highest BCUT2D eigenvalue weighted by Gasteiger charge is 2.27. The molecule has 1 aliphatic rings. The fourth-order valence-electron chi connectivity index (χ4n) is 2.98. The maximum Gasteiger partial charge on any atom is 0.201 e. The lowest BCUT2D eigenvalue weighted by molar-refractivity contribution is 0.0862. The van der Waals surface area contributed by atoms with E-state index < -0.39 is 0 Å². The zero-order valence-corrected chi connectivity index (χ0v) is 12.6. The Hall–Kier alpha value is -1.09. The molecule has 1 heterocycles. The monoisotopic (exact) mass is 320 g/mol. The molecule has 1 aromatic heterocycles. The number of carbonyl (C=O) groups excluding carboxylic acids is 1. The lowest BCUT2D eigenvalue weighted by Gasteiger charge is -2.19. The summed E-state index contributed by atoms with van der Waals surface area (Å²) < 4.78 is 6.79. The first kappa shape index (κ1) is 12.9. The summed E-state index contributed by atoms with van der Waals surface area (Å²) in [6.07, 6.45) is 5.62. The Labute approximate surface area is 121 Å². The van der Waals surface area contributed by atoms with E-state index >= 15 is 0 Å². The number of carbonyl (C=O) groups is 1. The first-order valence-corrected chi connectivity index (χ1v) is 7.69. The third kappa shape index (κ3) is 2.36. The molecule has 0 unspecified atom stereocenters. The van der Waals surface area contributed by atoms with Crippen LogP contribution in [0.3, 0.4) is 0 Å². The number of hydrogen-bond donors (Lipinski definition) is 0. The normalized spacial score (nSPS) is 16.9. The van der Waals surface area contributed by atoms with E-state index in [9.17, 15) is 4.79 Å². The predicted octanol–water partition coefficient (Wildman–Crippen LogP) is 5.27. The van der Waals surface area contributed by atoms with Crippen molar-refractivity contribution in [2.75, 3.05) is 0 Å². The number of ketones is 1. The van der Waals surface area contributed by atoms with Crippen molar-refractivity contribution in [3.8, 4) is 0 Å². The van der Waals surface area contributed by atoms with Crippen LogP contribution in [0, 0.1) is 12.8 Å². The van der Waals surface area contributed by atoms with Gasteiger partial charge in [-0.2, -0.15) is 0 Å². The summed E-state index contributed by atoms with van der Waals surface area (Å²) in [6, 6.07) is 5.93. The van der Waals surface area contributed by atoms with E-state index in [4.69, 9.17) is 4.42 Å². The van der Waals surface area contributed by atoms with Crippen molar-refractivity contribution < 1.29 is 9.21 Å². The van der Waals surface area contributed by atoms with Crippen LogP contribution in [0.2, 0.25) is 0 Å². The maximum atomic E-state index is 12.6. The highest BCUT2D eigenvalue weighted by atomic mass is 79.9. The van der Waals surface area contributed by atoms with E-state index in [1.54, 1.807) is 0 Å². The number of halogens is 1. The van der Waals surface area contributed by atoms with Gasteiger partial charge in [0.2, 0.25) is 5.78 Å². The van der Waals surface area contributed by atoms with Crippen LogP contribution in [0.25, 0.3) is 11.0 Å². The molecule has 0 saturated heterocycles. The van der Waals surface area contributed by atoms with Crippen LogP contribution < -0.4 is 0 Å². The zero-order chi connectivity index (χ0) is 13.4. The van der Waals surface area contributed by atoms with Gasteiger partial charge in [0.1, 0.15) is 5.58 Å². The second-order valence-corrected chi connectivity index (χ2v) is 6.31. The van der Waals surface area contributed by atoms with Gasteiger partial charge in [-0.15, -0.1) is 0 Å². The minimum absolute atomic E-state index is 0.163. The highest BCUT2D eigenvalue weighted by molar-refractivity contribution is 9.10. The van der Waals surface area contributed by atoms with Gasteiger partial charge < -0.3 is 4.42 Å². The van der Waals surface area contributed by atoms with Gasteiger partial charge in [0.05, 0.1) is 0 Å². The minimum Gasteiger partial charge on any atom is -0.453 e. The molecule has 0 bridgehead atoms. The van der Waals surface area contributed by atoms with E-state index in [0.717, 1.165) is 33.8 Å². The van der Waals surface area contributed by atoms with Crippen molar-refractivity contribution in [1.29, 1.82) is 0 Å². The number of rotatable bonds is 2. The van der Waals surface area contributed by atoms with E-state index in [0.29, 0.717) is 5.76 Å². The summed E-state index contributed by atoms with van der Waals surface area (Å²) in [6.45, 7) is 1.98. The molecule has 2 nitrogen and oxygen atoms in total. The zero-order valence-electron chi connectivity index (χ0n) is 11.0. The van der Waals surface area contributed by atoms with Crippen molar-refractivity contribution in [3.63, 3.8) is 0 Å². The Morgan fingerprint density at radius 2 is 2.00 bits per heavy atom. The van der Waals surface area contributed by atoms with Crippen molar-refractivity contribution in [3.05, 3.63) is 34.0 Å². The molecule has 19 heavy (non-hydrogen) atoms. The van der Waals surface area contributed by atoms with Crippen LogP contribution in [-0.2, 0) is 0 Å². The third-order valence-corrected chi connectivity index (χ3v) is 4.59. The number of aryl methyl sites for hydroxylation is 1. The van der Waals surface area contributed by atoms with E-state index in [-0.39, 0.29) is 11.7 Å². The molecule has 0 spiro atoms. The Balaban J connectivity index is 2.00. The molecule has 2 aromatic rings. The molecule has 0 radical (unpaired) electrons. The summed E-state index contributed by atoms with van der Waals surface area (Å²) in [5, 5.41) is 1.04. The molecule has 0 N–H and O–H groups in total. The van der Waals surface area contributed by atoms with Crippen molar-refractivity contribution in [2.24, 2.45) is 5.92 Å². The molecule has 0 amide bonds. The second kappa shape index (κ2) is 5.12. The maximum absolute atomic E-state index is 12.6. The standard InChI is InChI=1S/C16H17BrO2/c1-10-13-8-7-12(17)9-14(13)19-16(10)15(18)11-5-3-2-4-6-11/h7-9,11H,2-6H2,1H3. The first-order chi connectivity index (χ1) is 9.16. The molecule has 0 atom stereocenters. The fourth-order valence-corrected chi connectivity index (χ4v) is 3.32. The summed E-state index contributed by atoms with van der Waals surface area (Å²) in [5.74, 6) is 0.931. The fraction of sp³-hybridized carbons (Fsp3) is 0.438. The van der Waals surface area contributed by atoms with Gasteiger partial charge in [-0.3, -0.25) is 4.79 Å². The number of furan rings is 1. The van der Waals surface area contributed by atoms with Crippen LogP contribution in [0.1, 0.15) is 48.2 Å². The van der Waals surface area contributed by atoms with Crippen LogP contribution in [0.4, 0.5) is 0 Å². The molecule has 1 fully saturated rings. The lowest BCUT2D eigenvalue weighted by Crippen LogP contribution is -2.17. The average Bonchev–Trinajstić information content (AvgIpc) is 2.75. The van der Waals surface area contributed by atoms with Crippen LogP contribution in [-0.4, -0.2) is 5.78 Å². The first-order valence-electron chi connectivity index (χ1n) is 6.89. The van der Waals surface area contributed by atoms with Crippen LogP contribution in [0.15, 0.2) is 27.1 Å². The highest BCUT2D eigenvalue weighted by Crippen LogP contribution is 2.32. The number of benzene rings is 1. The Bertz CT molecular complexity index is 621. The van der Waals surface area contributed by atoms with Gasteiger partial charge in [-0.25, -0.2) is 0 Å². The molecule has 1 aliphatic carbocycles. The molecule has 3 heteroatoms. The van der Waals surface area contributed by atoms with E-state index in [1.807, 2.05) is 25.1 Å². The predicted molar refractivity (Wildman–Crippen MR) is 79.6 cm³/mol. The number of hydrogen-bond acceptors (Lipinski definition) is 2. The molecule has 1 aromatic carbocycles. The summed E-state index contributed by atoms with van der Waals surface area (Å²) in [4.78, 5) is 12.6. The second-order valence-electron chi connectivity index (χ2n) is 5.40. The van der Waals surface area contributed by atoms with Crippen molar-refractivity contribution in [2.45, 2.75) is 39.0 Å². The summed E-state index contributed by atoms with van der Waals surface area (Å²) in [7, 11) is 0. The molecule has 1 saturated carbocycles. The smallest absolute Gasteiger partial charge is 0.201 e. The van der Waals surface area contributed by atoms with E-state index in [1.165, 1.54) is 19.3 Å². The van der Waals surface area contributed by atoms with Gasteiger partial charge in [-0.1, -0.05) is 35.2 Å².